The zero-order chi connectivity index (χ0) is 19.0. The van der Waals surface area contributed by atoms with Gasteiger partial charge in [-0.1, -0.05) is 29.5 Å². The lowest BCUT2D eigenvalue weighted by atomic mass is 9.97. The number of thiophene rings is 1. The first-order chi connectivity index (χ1) is 13.1. The van der Waals surface area contributed by atoms with Crippen LogP contribution in [0.4, 0.5) is 0 Å². The van der Waals surface area contributed by atoms with Crippen molar-refractivity contribution in [1.82, 2.24) is 15.0 Å². The number of carbonyl (C=O) groups is 1. The molecule has 3 aromatic rings. The summed E-state index contributed by atoms with van der Waals surface area (Å²) in [6, 6.07) is 7.76. The Morgan fingerprint density at radius 1 is 1.30 bits per heavy atom. The number of hydrazine groups is 1. The molecule has 0 unspecified atom stereocenters. The second-order valence-electron chi connectivity index (χ2n) is 6.62. The highest BCUT2D eigenvalue weighted by atomic mass is 32.2. The van der Waals surface area contributed by atoms with Crippen LogP contribution in [-0.4, -0.2) is 21.2 Å². The van der Waals surface area contributed by atoms with Crippen LogP contribution in [0.2, 0.25) is 0 Å². The van der Waals surface area contributed by atoms with E-state index in [1.54, 1.807) is 15.9 Å². The van der Waals surface area contributed by atoms with Gasteiger partial charge in [-0.15, -0.1) is 11.3 Å². The van der Waals surface area contributed by atoms with E-state index in [-0.39, 0.29) is 17.2 Å². The van der Waals surface area contributed by atoms with Crippen molar-refractivity contribution in [1.29, 1.82) is 0 Å². The third kappa shape index (κ3) is 3.40. The number of hydrogen-bond acceptors (Lipinski definition) is 6. The first kappa shape index (κ1) is 18.2. The van der Waals surface area contributed by atoms with E-state index in [4.69, 9.17) is 10.8 Å². The summed E-state index contributed by atoms with van der Waals surface area (Å²) in [5.74, 6) is 4.98. The summed E-state index contributed by atoms with van der Waals surface area (Å²) in [7, 11) is 0. The number of thioether (sulfide) groups is 1. The maximum Gasteiger partial charge on any atom is 0.267 e. The van der Waals surface area contributed by atoms with Gasteiger partial charge in [-0.2, -0.15) is 0 Å². The predicted octanol–water partition coefficient (Wildman–Crippen LogP) is 2.72. The molecule has 2 heterocycles. The molecule has 3 N–H and O–H groups in total. The first-order valence-corrected chi connectivity index (χ1v) is 10.7. The minimum atomic E-state index is -0.310. The van der Waals surface area contributed by atoms with Crippen molar-refractivity contribution in [3.05, 3.63) is 50.6 Å². The summed E-state index contributed by atoms with van der Waals surface area (Å²) in [5.41, 5.74) is 5.10. The third-order valence-corrected chi connectivity index (χ3v) is 6.87. The second-order valence-corrected chi connectivity index (χ2v) is 8.64. The molecule has 0 saturated carbocycles. The summed E-state index contributed by atoms with van der Waals surface area (Å²) in [6.45, 7) is 2.00. The number of nitrogens with two attached hydrogens (primary N) is 1. The number of nitrogens with zero attached hydrogens (tertiary/aromatic N) is 2. The van der Waals surface area contributed by atoms with Crippen molar-refractivity contribution in [2.75, 3.05) is 5.75 Å². The molecule has 0 aliphatic heterocycles. The Morgan fingerprint density at radius 2 is 2.04 bits per heavy atom. The molecule has 27 heavy (non-hydrogen) atoms. The lowest BCUT2D eigenvalue weighted by Gasteiger charge is -2.13. The molecule has 140 valence electrons. The third-order valence-electron chi connectivity index (χ3n) is 4.74. The topological polar surface area (TPSA) is 90.0 Å². The van der Waals surface area contributed by atoms with Gasteiger partial charge in [0.15, 0.2) is 5.16 Å². The van der Waals surface area contributed by atoms with Gasteiger partial charge in [0.1, 0.15) is 4.83 Å². The number of amides is 1. The lowest BCUT2D eigenvalue weighted by molar-refractivity contribution is -0.118. The van der Waals surface area contributed by atoms with Crippen LogP contribution >= 0.6 is 23.1 Å². The maximum atomic E-state index is 13.5. The fourth-order valence-electron chi connectivity index (χ4n) is 3.38. The summed E-state index contributed by atoms with van der Waals surface area (Å²) >= 11 is 2.83. The lowest BCUT2D eigenvalue weighted by Crippen LogP contribution is -2.32. The van der Waals surface area contributed by atoms with Crippen LogP contribution in [0.15, 0.2) is 34.2 Å². The van der Waals surface area contributed by atoms with E-state index < -0.39 is 0 Å². The number of fused-ring (bicyclic) bond motifs is 3. The Bertz CT molecular complexity index is 1070. The molecule has 6 nitrogen and oxygen atoms in total. The average Bonchev–Trinajstić information content (AvgIpc) is 3.05. The highest BCUT2D eigenvalue weighted by molar-refractivity contribution is 7.99. The van der Waals surface area contributed by atoms with Crippen LogP contribution in [0.5, 0.6) is 0 Å². The van der Waals surface area contributed by atoms with Gasteiger partial charge in [0.2, 0.25) is 5.91 Å². The van der Waals surface area contributed by atoms with Gasteiger partial charge >= 0.3 is 0 Å². The molecule has 1 aliphatic carbocycles. The normalized spacial score (nSPS) is 13.6. The molecule has 2 aromatic heterocycles. The molecule has 0 fully saturated rings. The van der Waals surface area contributed by atoms with Crippen LogP contribution < -0.4 is 16.8 Å². The average molecular weight is 401 g/mol. The standard InChI is InChI=1S/C19H20N4O2S2/c1-11-6-8-12(9-7-11)23-18(25)16-13-4-2-3-5-14(13)27-17(16)21-19(23)26-10-15(24)22-20/h6-9H,2-5,10,20H2,1H3,(H,22,24). The van der Waals surface area contributed by atoms with Gasteiger partial charge in [0.25, 0.3) is 5.56 Å². The molecule has 1 aromatic carbocycles. The monoisotopic (exact) mass is 400 g/mol. The summed E-state index contributed by atoms with van der Waals surface area (Å²) in [5, 5.41) is 1.25. The zero-order valence-electron chi connectivity index (χ0n) is 14.9. The number of benzene rings is 1. The number of aryl methyl sites for hydroxylation is 3. The van der Waals surface area contributed by atoms with Crippen LogP contribution in [0.25, 0.3) is 15.9 Å². The van der Waals surface area contributed by atoms with E-state index in [0.29, 0.717) is 5.16 Å². The molecule has 8 heteroatoms. The summed E-state index contributed by atoms with van der Waals surface area (Å²) < 4.78 is 1.62. The smallest absolute Gasteiger partial charge is 0.267 e. The molecular formula is C19H20N4O2S2. The van der Waals surface area contributed by atoms with Gasteiger partial charge in [0, 0.05) is 4.88 Å². The molecule has 0 radical (unpaired) electrons. The van der Waals surface area contributed by atoms with Crippen LogP contribution in [0.3, 0.4) is 0 Å². The van der Waals surface area contributed by atoms with E-state index >= 15 is 0 Å². The van der Waals surface area contributed by atoms with Crippen molar-refractivity contribution in [2.24, 2.45) is 5.84 Å². The minimum Gasteiger partial charge on any atom is -0.294 e. The highest BCUT2D eigenvalue weighted by Crippen LogP contribution is 2.35. The predicted molar refractivity (Wildman–Crippen MR) is 110 cm³/mol. The molecule has 1 aliphatic rings. The zero-order valence-corrected chi connectivity index (χ0v) is 16.6. The Kier molecular flexibility index (Phi) is 5.03. The van der Waals surface area contributed by atoms with Crippen LogP contribution in [0.1, 0.15) is 28.8 Å². The Hall–Kier alpha value is -2.16. The Labute approximate surface area is 164 Å². The number of carbonyl (C=O) groups excluding carboxylic acids is 1. The van der Waals surface area contributed by atoms with Crippen molar-refractivity contribution in [3.63, 3.8) is 0 Å². The highest BCUT2D eigenvalue weighted by Gasteiger charge is 2.23. The largest absolute Gasteiger partial charge is 0.294 e. The Balaban J connectivity index is 1.93. The molecule has 0 bridgehead atoms. The molecular weight excluding hydrogens is 380 g/mol. The number of aromatic nitrogens is 2. The van der Waals surface area contributed by atoms with Crippen molar-refractivity contribution >= 4 is 39.2 Å². The second kappa shape index (κ2) is 7.46. The van der Waals surface area contributed by atoms with E-state index in [1.807, 2.05) is 31.2 Å². The van der Waals surface area contributed by atoms with Crippen molar-refractivity contribution in [2.45, 2.75) is 37.8 Å². The van der Waals surface area contributed by atoms with E-state index in [9.17, 15) is 9.59 Å². The van der Waals surface area contributed by atoms with Gasteiger partial charge in [-0.05, 0) is 50.3 Å². The van der Waals surface area contributed by atoms with E-state index in [0.717, 1.165) is 52.7 Å². The Morgan fingerprint density at radius 3 is 2.78 bits per heavy atom. The summed E-state index contributed by atoms with van der Waals surface area (Å²) in [6.07, 6.45) is 4.21. The molecule has 0 spiro atoms. The van der Waals surface area contributed by atoms with Gasteiger partial charge in [0.05, 0.1) is 16.8 Å². The fraction of sp³-hybridized carbons (Fsp3) is 0.316. The summed E-state index contributed by atoms with van der Waals surface area (Å²) in [4.78, 5) is 31.9. The fourth-order valence-corrected chi connectivity index (χ4v) is 5.50. The van der Waals surface area contributed by atoms with Crippen molar-refractivity contribution < 1.29 is 4.79 Å². The molecule has 0 atom stereocenters. The van der Waals surface area contributed by atoms with E-state index in [1.165, 1.54) is 16.6 Å². The molecule has 1 amide bonds. The number of nitrogens with one attached hydrogen (secondary N) is 1. The van der Waals surface area contributed by atoms with Gasteiger partial charge < -0.3 is 0 Å². The SMILES string of the molecule is Cc1ccc(-n2c(SCC(=O)NN)nc3sc4c(c3c2=O)CCCC4)cc1. The number of hydrogen-bond donors (Lipinski definition) is 2. The van der Waals surface area contributed by atoms with E-state index in [2.05, 4.69) is 5.43 Å². The quantitative estimate of drug-likeness (QED) is 0.231. The van der Waals surface area contributed by atoms with Crippen LogP contribution in [0, 0.1) is 6.92 Å². The van der Waals surface area contributed by atoms with Crippen LogP contribution in [-0.2, 0) is 17.6 Å². The first-order valence-electron chi connectivity index (χ1n) is 8.85. The maximum absolute atomic E-state index is 13.5. The van der Waals surface area contributed by atoms with Gasteiger partial charge in [-0.3, -0.25) is 19.6 Å². The minimum absolute atomic E-state index is 0.0566. The molecule has 0 saturated heterocycles. The van der Waals surface area contributed by atoms with Gasteiger partial charge in [-0.25, -0.2) is 10.8 Å². The van der Waals surface area contributed by atoms with Crippen molar-refractivity contribution in [3.8, 4) is 5.69 Å². The molecule has 4 rings (SSSR count). The number of rotatable bonds is 4.